The number of carbonyl (C=O) groups is 2. The number of carbonyl (C=O) groups excluding carboxylic acids is 2. The van der Waals surface area contributed by atoms with Gasteiger partial charge in [0.1, 0.15) is 17.4 Å². The minimum absolute atomic E-state index is 0.121. The minimum Gasteiger partial charge on any atom is -0.486 e. The fourth-order valence-corrected chi connectivity index (χ4v) is 6.48. The Kier molecular flexibility index (Phi) is 9.63. The molecule has 1 N–H and O–H groups in total. The molecule has 38 heavy (non-hydrogen) atoms. The van der Waals surface area contributed by atoms with E-state index < -0.39 is 5.97 Å². The number of aromatic nitrogens is 3. The van der Waals surface area contributed by atoms with Crippen LogP contribution in [-0.2, 0) is 35.5 Å². The molecule has 3 aromatic rings. The molecule has 202 valence electrons. The van der Waals surface area contributed by atoms with Crippen molar-refractivity contribution in [2.45, 2.75) is 70.7 Å². The van der Waals surface area contributed by atoms with E-state index in [9.17, 15) is 9.59 Å². The van der Waals surface area contributed by atoms with Crippen LogP contribution in [0.5, 0.6) is 5.75 Å². The number of thiophene rings is 1. The summed E-state index contributed by atoms with van der Waals surface area (Å²) in [5.74, 6) is 0.926. The van der Waals surface area contributed by atoms with E-state index in [0.717, 1.165) is 49.0 Å². The highest BCUT2D eigenvalue weighted by molar-refractivity contribution is 7.99. The topological polar surface area (TPSA) is 95.3 Å². The first-order valence-corrected chi connectivity index (χ1v) is 14.6. The molecule has 0 bridgehead atoms. The van der Waals surface area contributed by atoms with E-state index in [4.69, 9.17) is 9.47 Å². The smallest absolute Gasteiger partial charge is 0.341 e. The van der Waals surface area contributed by atoms with Gasteiger partial charge in [-0.05, 0) is 68.4 Å². The lowest BCUT2D eigenvalue weighted by Gasteiger charge is -2.11. The number of hydrogen-bond acceptors (Lipinski definition) is 8. The summed E-state index contributed by atoms with van der Waals surface area (Å²) in [7, 11) is 1.38. The molecule has 1 aliphatic carbocycles. The summed E-state index contributed by atoms with van der Waals surface area (Å²) in [4.78, 5) is 26.8. The molecule has 0 spiro atoms. The quantitative estimate of drug-likeness (QED) is 0.189. The number of amides is 1. The SMILES string of the molecule is C=CCn1c(COc2ccc(C)c(C)c2)nnc1SCC(=O)Nc1sc2c(c1C(=O)OC)CCCCCC2. The molecule has 0 fully saturated rings. The highest BCUT2D eigenvalue weighted by atomic mass is 32.2. The number of nitrogens with one attached hydrogen (secondary N) is 1. The highest BCUT2D eigenvalue weighted by Crippen LogP contribution is 2.37. The first-order valence-electron chi connectivity index (χ1n) is 12.8. The molecule has 4 rings (SSSR count). The van der Waals surface area contributed by atoms with Crippen molar-refractivity contribution in [2.75, 3.05) is 18.2 Å². The van der Waals surface area contributed by atoms with Gasteiger partial charge in [-0.2, -0.15) is 0 Å². The number of thioether (sulfide) groups is 1. The Bertz CT molecular complexity index is 1310. The zero-order valence-electron chi connectivity index (χ0n) is 22.2. The third-order valence-electron chi connectivity index (χ3n) is 6.60. The van der Waals surface area contributed by atoms with Gasteiger partial charge in [0, 0.05) is 11.4 Å². The summed E-state index contributed by atoms with van der Waals surface area (Å²) in [6.07, 6.45) is 7.98. The Morgan fingerprint density at radius 2 is 1.95 bits per heavy atom. The number of anilines is 1. The molecular weight excluding hydrogens is 520 g/mol. The summed E-state index contributed by atoms with van der Waals surface area (Å²) in [6.45, 7) is 8.69. The number of nitrogens with zero attached hydrogens (tertiary/aromatic N) is 3. The zero-order chi connectivity index (χ0) is 27.1. The molecule has 0 atom stereocenters. The van der Waals surface area contributed by atoms with E-state index in [1.165, 1.54) is 47.1 Å². The van der Waals surface area contributed by atoms with Crippen LogP contribution < -0.4 is 10.1 Å². The van der Waals surface area contributed by atoms with Crippen LogP contribution in [0.15, 0.2) is 36.0 Å². The van der Waals surface area contributed by atoms with Gasteiger partial charge in [-0.15, -0.1) is 28.1 Å². The van der Waals surface area contributed by atoms with Gasteiger partial charge in [0.15, 0.2) is 11.0 Å². The fraction of sp³-hybridized carbons (Fsp3) is 0.429. The molecule has 2 heterocycles. The van der Waals surface area contributed by atoms with Crippen LogP contribution in [0.3, 0.4) is 0 Å². The molecule has 0 saturated carbocycles. The zero-order valence-corrected chi connectivity index (χ0v) is 23.8. The average Bonchev–Trinajstić information content (AvgIpc) is 3.43. The molecule has 0 saturated heterocycles. The molecule has 0 aliphatic heterocycles. The van der Waals surface area contributed by atoms with E-state index in [2.05, 4.69) is 29.0 Å². The monoisotopic (exact) mass is 554 g/mol. The second kappa shape index (κ2) is 13.1. The maximum atomic E-state index is 13.0. The Hall–Kier alpha value is -3.11. The molecule has 1 aromatic carbocycles. The van der Waals surface area contributed by atoms with Crippen LogP contribution in [0.4, 0.5) is 5.00 Å². The highest BCUT2D eigenvalue weighted by Gasteiger charge is 2.26. The summed E-state index contributed by atoms with van der Waals surface area (Å²) in [5.41, 5.74) is 3.90. The maximum absolute atomic E-state index is 13.0. The first kappa shape index (κ1) is 27.9. The van der Waals surface area contributed by atoms with Crippen molar-refractivity contribution in [2.24, 2.45) is 0 Å². The van der Waals surface area contributed by atoms with Crippen LogP contribution in [0.1, 0.15) is 63.4 Å². The Morgan fingerprint density at radius 3 is 2.68 bits per heavy atom. The molecule has 1 amide bonds. The van der Waals surface area contributed by atoms with Crippen LogP contribution in [0, 0.1) is 13.8 Å². The summed E-state index contributed by atoms with van der Waals surface area (Å²) >= 11 is 2.78. The van der Waals surface area contributed by atoms with Crippen LogP contribution in [0.25, 0.3) is 0 Å². The van der Waals surface area contributed by atoms with Gasteiger partial charge in [-0.3, -0.25) is 9.36 Å². The number of methoxy groups -OCH3 is 1. The van der Waals surface area contributed by atoms with E-state index >= 15 is 0 Å². The van der Waals surface area contributed by atoms with Crippen molar-refractivity contribution in [3.63, 3.8) is 0 Å². The number of allylic oxidation sites excluding steroid dienone is 1. The van der Waals surface area contributed by atoms with Gasteiger partial charge < -0.3 is 14.8 Å². The molecule has 0 unspecified atom stereocenters. The van der Waals surface area contributed by atoms with Crippen molar-refractivity contribution < 1.29 is 19.1 Å². The van der Waals surface area contributed by atoms with Gasteiger partial charge in [0.05, 0.1) is 18.4 Å². The Balaban J connectivity index is 1.43. The van der Waals surface area contributed by atoms with Crippen molar-refractivity contribution >= 4 is 40.0 Å². The maximum Gasteiger partial charge on any atom is 0.341 e. The average molecular weight is 555 g/mol. The number of rotatable bonds is 10. The van der Waals surface area contributed by atoms with E-state index in [0.29, 0.717) is 28.1 Å². The van der Waals surface area contributed by atoms with Crippen LogP contribution in [0.2, 0.25) is 0 Å². The molecule has 0 radical (unpaired) electrons. The molecule has 10 heteroatoms. The predicted molar refractivity (Wildman–Crippen MR) is 151 cm³/mol. The predicted octanol–water partition coefficient (Wildman–Crippen LogP) is 5.90. The van der Waals surface area contributed by atoms with Crippen molar-refractivity contribution in [1.82, 2.24) is 14.8 Å². The molecule has 2 aromatic heterocycles. The lowest BCUT2D eigenvalue weighted by Crippen LogP contribution is -2.17. The molecular formula is C28H34N4O4S2. The van der Waals surface area contributed by atoms with Gasteiger partial charge in [-0.1, -0.05) is 36.7 Å². The Morgan fingerprint density at radius 1 is 1.16 bits per heavy atom. The number of benzene rings is 1. The van der Waals surface area contributed by atoms with Crippen LogP contribution >= 0.6 is 23.1 Å². The largest absolute Gasteiger partial charge is 0.486 e. The normalized spacial score (nSPS) is 13.2. The second-order valence-corrected chi connectivity index (χ2v) is 11.3. The second-order valence-electron chi connectivity index (χ2n) is 9.28. The van der Waals surface area contributed by atoms with Crippen LogP contribution in [-0.4, -0.2) is 39.5 Å². The van der Waals surface area contributed by atoms with Crippen molar-refractivity contribution in [3.05, 3.63) is 63.8 Å². The first-order chi connectivity index (χ1) is 18.4. The van der Waals surface area contributed by atoms with Crippen molar-refractivity contribution in [1.29, 1.82) is 0 Å². The van der Waals surface area contributed by atoms with Gasteiger partial charge in [0.2, 0.25) is 5.91 Å². The van der Waals surface area contributed by atoms with Gasteiger partial charge in [-0.25, -0.2) is 4.79 Å². The van der Waals surface area contributed by atoms with Gasteiger partial charge >= 0.3 is 5.97 Å². The third-order valence-corrected chi connectivity index (χ3v) is 8.77. The number of aryl methyl sites for hydroxylation is 3. The summed E-state index contributed by atoms with van der Waals surface area (Å²) < 4.78 is 12.9. The molecule has 1 aliphatic rings. The number of hydrogen-bond donors (Lipinski definition) is 1. The number of esters is 1. The fourth-order valence-electron chi connectivity index (χ4n) is 4.41. The van der Waals surface area contributed by atoms with E-state index in [-0.39, 0.29) is 18.3 Å². The molecule has 8 nitrogen and oxygen atoms in total. The third kappa shape index (κ3) is 6.66. The summed E-state index contributed by atoms with van der Waals surface area (Å²) in [6, 6.07) is 5.96. The lowest BCUT2D eigenvalue weighted by molar-refractivity contribution is -0.113. The Labute approximate surface area is 231 Å². The number of ether oxygens (including phenoxy) is 2. The minimum atomic E-state index is -0.398. The van der Waals surface area contributed by atoms with E-state index in [1.807, 2.05) is 29.7 Å². The lowest BCUT2D eigenvalue weighted by atomic mass is 9.96. The standard InChI is InChI=1S/C28H34N4O4S2/c1-5-14-32-23(16-36-20-13-12-18(2)19(3)15-20)30-31-28(32)37-17-24(33)29-26-25(27(34)35-4)21-10-8-6-7-9-11-22(21)38-26/h5,12-13,15H,1,6-11,14,16-17H2,2-4H3,(H,29,33). The van der Waals surface area contributed by atoms with Gasteiger partial charge in [0.25, 0.3) is 0 Å². The van der Waals surface area contributed by atoms with E-state index in [1.54, 1.807) is 6.08 Å². The summed E-state index contributed by atoms with van der Waals surface area (Å²) in [5, 5.41) is 12.7. The van der Waals surface area contributed by atoms with Crippen molar-refractivity contribution in [3.8, 4) is 5.75 Å². The number of fused-ring (bicyclic) bond motifs is 1.